The van der Waals surface area contributed by atoms with Crippen molar-refractivity contribution in [2.45, 2.75) is 4.90 Å². The topological polar surface area (TPSA) is 37.4 Å². The van der Waals surface area contributed by atoms with Gasteiger partial charge in [0.15, 0.2) is 11.6 Å². The van der Waals surface area contributed by atoms with E-state index >= 15 is 0 Å². The van der Waals surface area contributed by atoms with Crippen LogP contribution >= 0.6 is 0 Å². The van der Waals surface area contributed by atoms with Crippen molar-refractivity contribution in [3.05, 3.63) is 72.8 Å². The molecule has 0 N–H and O–H groups in total. The summed E-state index contributed by atoms with van der Waals surface area (Å²) in [4.78, 5) is -0.313. The molecule has 0 aliphatic heterocycles. The molecule has 0 heterocycles. The molecule has 0 spiro atoms. The highest BCUT2D eigenvalue weighted by atomic mass is 32.2. The second-order valence-electron chi connectivity index (χ2n) is 4.24. The van der Waals surface area contributed by atoms with Crippen LogP contribution < -0.4 is 4.31 Å². The quantitative estimate of drug-likeness (QED) is 0.794. The maximum Gasteiger partial charge on any atom is 0.264 e. The van der Waals surface area contributed by atoms with Gasteiger partial charge in [-0.2, -0.15) is 0 Å². The summed E-state index contributed by atoms with van der Waals surface area (Å²) in [5.41, 5.74) is 0.419. The lowest BCUT2D eigenvalue weighted by molar-refractivity contribution is 0.504. The Bertz CT molecular complexity index is 746. The van der Waals surface area contributed by atoms with Gasteiger partial charge in [-0.1, -0.05) is 24.3 Å². The van der Waals surface area contributed by atoms with Crippen LogP contribution in [0.5, 0.6) is 0 Å². The fraction of sp³-hybridized carbons (Fsp3) is 0.0667. The molecular formula is C15H13F2NO2S. The van der Waals surface area contributed by atoms with Gasteiger partial charge in [0.25, 0.3) is 10.0 Å². The van der Waals surface area contributed by atoms with Gasteiger partial charge in [-0.3, -0.25) is 4.31 Å². The van der Waals surface area contributed by atoms with Gasteiger partial charge in [0.2, 0.25) is 0 Å². The molecule has 0 aromatic heterocycles. The van der Waals surface area contributed by atoms with E-state index < -0.39 is 21.7 Å². The SMILES string of the molecule is C=CCN(c1ccccc1)S(=O)(=O)c1ccc(F)c(F)c1. The number of benzene rings is 2. The zero-order chi connectivity index (χ0) is 15.5. The minimum atomic E-state index is -4.00. The Hall–Kier alpha value is -2.21. The van der Waals surface area contributed by atoms with Gasteiger partial charge in [-0.15, -0.1) is 6.58 Å². The molecule has 2 aromatic carbocycles. The van der Waals surface area contributed by atoms with Crippen LogP contribution in [0.4, 0.5) is 14.5 Å². The van der Waals surface area contributed by atoms with Gasteiger partial charge >= 0.3 is 0 Å². The highest BCUT2D eigenvalue weighted by Gasteiger charge is 2.24. The number of nitrogens with zero attached hydrogens (tertiary/aromatic N) is 1. The summed E-state index contributed by atoms with van der Waals surface area (Å²) < 4.78 is 52.5. The Balaban J connectivity index is 2.52. The molecular weight excluding hydrogens is 296 g/mol. The normalized spacial score (nSPS) is 11.1. The number of rotatable bonds is 5. The summed E-state index contributed by atoms with van der Waals surface area (Å²) in [6, 6.07) is 10.8. The number of hydrogen-bond donors (Lipinski definition) is 0. The largest absolute Gasteiger partial charge is 0.264 e. The molecule has 0 aliphatic carbocycles. The van der Waals surface area contributed by atoms with E-state index in [-0.39, 0.29) is 11.4 Å². The first-order chi connectivity index (χ1) is 9.96. The molecule has 0 aliphatic rings. The standard InChI is InChI=1S/C15H13F2NO2S/c1-2-10-18(12-6-4-3-5-7-12)21(19,20)13-8-9-14(16)15(17)11-13/h2-9,11H,1,10H2. The van der Waals surface area contributed by atoms with Gasteiger partial charge in [-0.05, 0) is 30.3 Å². The molecule has 2 rings (SSSR count). The number of halogens is 2. The van der Waals surface area contributed by atoms with Crippen LogP contribution in [-0.2, 0) is 10.0 Å². The minimum Gasteiger partial charge on any atom is -0.263 e. The summed E-state index contributed by atoms with van der Waals surface area (Å²) in [7, 11) is -4.00. The third-order valence-electron chi connectivity index (χ3n) is 2.82. The molecule has 110 valence electrons. The van der Waals surface area contributed by atoms with Crippen molar-refractivity contribution in [3.8, 4) is 0 Å². The third kappa shape index (κ3) is 3.11. The van der Waals surface area contributed by atoms with Crippen molar-refractivity contribution in [2.75, 3.05) is 10.8 Å². The summed E-state index contributed by atoms with van der Waals surface area (Å²) in [6.45, 7) is 3.54. The molecule has 0 radical (unpaired) electrons. The minimum absolute atomic E-state index is 0.0192. The summed E-state index contributed by atoms with van der Waals surface area (Å²) in [5, 5.41) is 0. The monoisotopic (exact) mass is 309 g/mol. The van der Waals surface area contributed by atoms with E-state index in [0.29, 0.717) is 11.8 Å². The fourth-order valence-corrected chi connectivity index (χ4v) is 3.27. The molecule has 0 unspecified atom stereocenters. The molecule has 0 fully saturated rings. The summed E-state index contributed by atoms with van der Waals surface area (Å²) in [5.74, 6) is -2.30. The van der Waals surface area contributed by atoms with Crippen LogP contribution in [0.15, 0.2) is 66.1 Å². The summed E-state index contributed by atoms with van der Waals surface area (Å²) in [6.07, 6.45) is 1.42. The van der Waals surface area contributed by atoms with Crippen LogP contribution in [0.2, 0.25) is 0 Å². The van der Waals surface area contributed by atoms with Crippen LogP contribution in [0.3, 0.4) is 0 Å². The lowest BCUT2D eigenvalue weighted by atomic mass is 10.3. The van der Waals surface area contributed by atoms with Crippen LogP contribution in [0.1, 0.15) is 0 Å². The van der Waals surface area contributed by atoms with E-state index in [1.807, 2.05) is 0 Å². The molecule has 21 heavy (non-hydrogen) atoms. The third-order valence-corrected chi connectivity index (χ3v) is 4.61. The predicted molar refractivity (Wildman–Crippen MR) is 77.5 cm³/mol. The molecule has 0 saturated carbocycles. The van der Waals surface area contributed by atoms with Gasteiger partial charge in [0, 0.05) is 0 Å². The maximum atomic E-state index is 13.3. The molecule has 0 saturated heterocycles. The average molecular weight is 309 g/mol. The number of anilines is 1. The molecule has 6 heteroatoms. The van der Waals surface area contributed by atoms with Gasteiger partial charge in [0.1, 0.15) is 0 Å². The van der Waals surface area contributed by atoms with E-state index in [9.17, 15) is 17.2 Å². The van der Waals surface area contributed by atoms with E-state index in [2.05, 4.69) is 6.58 Å². The summed E-state index contributed by atoms with van der Waals surface area (Å²) >= 11 is 0. The first-order valence-corrected chi connectivity index (χ1v) is 7.54. The van der Waals surface area contributed by atoms with Crippen molar-refractivity contribution < 1.29 is 17.2 Å². The van der Waals surface area contributed by atoms with Gasteiger partial charge in [-0.25, -0.2) is 17.2 Å². The second kappa shape index (κ2) is 6.05. The number of sulfonamides is 1. The molecule has 2 aromatic rings. The Kier molecular flexibility index (Phi) is 4.37. The van der Waals surface area contributed by atoms with E-state index in [1.165, 1.54) is 6.08 Å². The van der Waals surface area contributed by atoms with Crippen LogP contribution in [0, 0.1) is 11.6 Å². The average Bonchev–Trinajstić information content (AvgIpc) is 2.48. The van der Waals surface area contributed by atoms with Crippen LogP contribution in [0.25, 0.3) is 0 Å². The van der Waals surface area contributed by atoms with Gasteiger partial charge in [0.05, 0.1) is 17.1 Å². The molecule has 3 nitrogen and oxygen atoms in total. The number of para-hydroxylation sites is 1. The highest BCUT2D eigenvalue weighted by molar-refractivity contribution is 7.92. The highest BCUT2D eigenvalue weighted by Crippen LogP contribution is 2.24. The smallest absolute Gasteiger partial charge is 0.263 e. The number of hydrogen-bond acceptors (Lipinski definition) is 2. The van der Waals surface area contributed by atoms with Crippen molar-refractivity contribution in [2.24, 2.45) is 0 Å². The molecule has 0 atom stereocenters. The fourth-order valence-electron chi connectivity index (χ4n) is 1.82. The Morgan fingerprint density at radius 3 is 2.29 bits per heavy atom. The van der Waals surface area contributed by atoms with Gasteiger partial charge < -0.3 is 0 Å². The Morgan fingerprint density at radius 2 is 1.71 bits per heavy atom. The van der Waals surface area contributed by atoms with Crippen molar-refractivity contribution in [1.29, 1.82) is 0 Å². The van der Waals surface area contributed by atoms with E-state index in [1.54, 1.807) is 30.3 Å². The molecule has 0 amide bonds. The first-order valence-electron chi connectivity index (χ1n) is 6.10. The predicted octanol–water partition coefficient (Wildman–Crippen LogP) is 3.35. The first kappa shape index (κ1) is 15.2. The molecule has 0 bridgehead atoms. The lowest BCUT2D eigenvalue weighted by Crippen LogP contribution is -2.31. The van der Waals surface area contributed by atoms with Crippen molar-refractivity contribution in [3.63, 3.8) is 0 Å². The second-order valence-corrected chi connectivity index (χ2v) is 6.10. The van der Waals surface area contributed by atoms with Crippen molar-refractivity contribution >= 4 is 15.7 Å². The van der Waals surface area contributed by atoms with E-state index in [0.717, 1.165) is 16.4 Å². The Morgan fingerprint density at radius 1 is 1.05 bits per heavy atom. The Labute approximate surface area is 122 Å². The zero-order valence-corrected chi connectivity index (χ0v) is 11.9. The maximum absolute atomic E-state index is 13.3. The van der Waals surface area contributed by atoms with E-state index in [4.69, 9.17) is 0 Å². The van der Waals surface area contributed by atoms with Crippen molar-refractivity contribution in [1.82, 2.24) is 0 Å². The zero-order valence-electron chi connectivity index (χ0n) is 11.0. The lowest BCUT2D eigenvalue weighted by Gasteiger charge is -2.23. The van der Waals surface area contributed by atoms with Crippen LogP contribution in [-0.4, -0.2) is 15.0 Å².